The predicted octanol–water partition coefficient (Wildman–Crippen LogP) is 2.62. The van der Waals surface area contributed by atoms with E-state index in [0.717, 1.165) is 41.6 Å². The lowest BCUT2D eigenvalue weighted by molar-refractivity contribution is -0.132. The Kier molecular flexibility index (Phi) is 8.90. The van der Waals surface area contributed by atoms with E-state index in [1.165, 1.54) is 0 Å². The highest BCUT2D eigenvalue weighted by Gasteiger charge is 2.23. The van der Waals surface area contributed by atoms with Gasteiger partial charge in [0.1, 0.15) is 12.1 Å². The van der Waals surface area contributed by atoms with Crippen LogP contribution in [0.3, 0.4) is 0 Å². The van der Waals surface area contributed by atoms with E-state index in [1.54, 1.807) is 10.6 Å². The van der Waals surface area contributed by atoms with E-state index in [9.17, 15) is 14.9 Å². The van der Waals surface area contributed by atoms with Crippen molar-refractivity contribution in [2.75, 3.05) is 32.9 Å². The summed E-state index contributed by atoms with van der Waals surface area (Å²) in [6.45, 7) is 5.36. The Balaban J connectivity index is 1.43. The van der Waals surface area contributed by atoms with Gasteiger partial charge in [-0.15, -0.1) is 0 Å². The van der Waals surface area contributed by atoms with Gasteiger partial charge in [0.05, 0.1) is 24.7 Å². The lowest BCUT2D eigenvalue weighted by Crippen LogP contribution is -2.46. The number of aromatic nitrogens is 1. The third kappa shape index (κ3) is 6.40. The molecule has 0 radical (unpaired) electrons. The number of nitriles is 1. The van der Waals surface area contributed by atoms with Gasteiger partial charge in [0.25, 0.3) is 5.91 Å². The summed E-state index contributed by atoms with van der Waals surface area (Å²) >= 11 is 0. The first kappa shape index (κ1) is 25.6. The van der Waals surface area contributed by atoms with Gasteiger partial charge in [0.15, 0.2) is 5.58 Å². The molecule has 36 heavy (non-hydrogen) atoms. The van der Waals surface area contributed by atoms with Crippen LogP contribution < -0.4 is 16.4 Å². The summed E-state index contributed by atoms with van der Waals surface area (Å²) in [5.41, 5.74) is 4.11. The van der Waals surface area contributed by atoms with Crippen LogP contribution in [-0.4, -0.2) is 55.5 Å². The zero-order valence-electron chi connectivity index (χ0n) is 20.5. The van der Waals surface area contributed by atoms with E-state index in [-0.39, 0.29) is 5.91 Å². The predicted molar refractivity (Wildman–Crippen MR) is 135 cm³/mol. The van der Waals surface area contributed by atoms with E-state index >= 15 is 0 Å². The van der Waals surface area contributed by atoms with E-state index in [2.05, 4.69) is 16.7 Å². The van der Waals surface area contributed by atoms with Crippen molar-refractivity contribution in [3.63, 3.8) is 0 Å². The number of ether oxygens (including phenoxy) is 2. The van der Waals surface area contributed by atoms with Crippen LogP contribution in [0.4, 0.5) is 0 Å². The zero-order chi connectivity index (χ0) is 25.3. The Bertz CT molecular complexity index is 1250. The van der Waals surface area contributed by atoms with Crippen molar-refractivity contribution < 1.29 is 18.7 Å². The van der Waals surface area contributed by atoms with E-state index in [4.69, 9.17) is 13.9 Å². The minimum absolute atomic E-state index is 0.271. The van der Waals surface area contributed by atoms with Gasteiger partial charge in [-0.05, 0) is 48.2 Å². The van der Waals surface area contributed by atoms with Crippen LogP contribution in [0.1, 0.15) is 25.3 Å². The molecule has 2 aromatic carbocycles. The number of hydrogen-bond acceptors (Lipinski definition) is 7. The molecule has 2 N–H and O–H groups in total. The molecule has 1 aliphatic rings. The second kappa shape index (κ2) is 12.5. The number of hydrogen-bond donors (Lipinski definition) is 2. The smallest absolute Gasteiger partial charge is 0.408 e. The summed E-state index contributed by atoms with van der Waals surface area (Å²) in [7, 11) is 0. The van der Waals surface area contributed by atoms with E-state index < -0.39 is 17.9 Å². The molecule has 0 spiro atoms. The molecule has 1 saturated heterocycles. The highest BCUT2D eigenvalue weighted by molar-refractivity contribution is 5.82. The Morgan fingerprint density at radius 3 is 2.83 bits per heavy atom. The van der Waals surface area contributed by atoms with Crippen LogP contribution in [-0.2, 0) is 27.2 Å². The zero-order valence-corrected chi connectivity index (χ0v) is 20.5. The van der Waals surface area contributed by atoms with Gasteiger partial charge in [-0.3, -0.25) is 9.36 Å². The lowest BCUT2D eigenvalue weighted by Gasteiger charge is -2.18. The fraction of sp³-hybridized carbons (Fsp3) is 0.444. The van der Waals surface area contributed by atoms with Crippen LogP contribution in [0.15, 0.2) is 51.7 Å². The Labute approximate surface area is 210 Å². The molecule has 1 fully saturated rings. The Hall–Kier alpha value is -3.45. The van der Waals surface area contributed by atoms with Crippen LogP contribution in [0.2, 0.25) is 0 Å². The summed E-state index contributed by atoms with van der Waals surface area (Å²) in [5, 5.41) is 15.5. The van der Waals surface area contributed by atoms with Crippen molar-refractivity contribution in [1.82, 2.24) is 15.2 Å². The number of nitrogens with one attached hydrogen (secondary N) is 2. The molecular weight excluding hydrogens is 460 g/mol. The lowest BCUT2D eigenvalue weighted by atomic mass is 10.0. The van der Waals surface area contributed by atoms with E-state index in [1.807, 2.05) is 43.3 Å². The number of fused-ring (bicyclic) bond motifs is 1. The van der Waals surface area contributed by atoms with Crippen molar-refractivity contribution >= 4 is 17.0 Å². The fourth-order valence-electron chi connectivity index (χ4n) is 4.20. The van der Waals surface area contributed by atoms with Crippen molar-refractivity contribution in [2.24, 2.45) is 0 Å². The molecule has 0 bridgehead atoms. The summed E-state index contributed by atoms with van der Waals surface area (Å²) in [6, 6.07) is 15.0. The molecule has 0 saturated carbocycles. The number of oxazole rings is 1. The van der Waals surface area contributed by atoms with Crippen LogP contribution in [0.5, 0.6) is 0 Å². The molecule has 1 amide bonds. The molecule has 2 atom stereocenters. The number of benzene rings is 2. The molecule has 0 unspecified atom stereocenters. The van der Waals surface area contributed by atoms with Gasteiger partial charge in [0.2, 0.25) is 0 Å². The molecule has 190 valence electrons. The number of amides is 1. The third-order valence-electron chi connectivity index (χ3n) is 6.11. The maximum absolute atomic E-state index is 12.5. The first-order valence-corrected chi connectivity index (χ1v) is 12.4. The summed E-state index contributed by atoms with van der Waals surface area (Å²) in [4.78, 5) is 24.8. The molecule has 1 aromatic heterocycles. The number of carbonyl (C=O) groups excluding carboxylic acids is 1. The van der Waals surface area contributed by atoms with Crippen molar-refractivity contribution in [1.29, 1.82) is 5.26 Å². The fourth-order valence-corrected chi connectivity index (χ4v) is 4.20. The van der Waals surface area contributed by atoms with Gasteiger partial charge in [-0.25, -0.2) is 4.79 Å². The summed E-state index contributed by atoms with van der Waals surface area (Å²) < 4.78 is 18.1. The van der Waals surface area contributed by atoms with Crippen LogP contribution in [0, 0.1) is 11.3 Å². The molecule has 4 rings (SSSR count). The molecule has 3 aromatic rings. The highest BCUT2D eigenvalue weighted by Crippen LogP contribution is 2.25. The van der Waals surface area contributed by atoms with Crippen molar-refractivity contribution in [3.05, 3.63) is 58.6 Å². The third-order valence-corrected chi connectivity index (χ3v) is 6.11. The van der Waals surface area contributed by atoms with Gasteiger partial charge in [-0.1, -0.05) is 37.3 Å². The quantitative estimate of drug-likeness (QED) is 0.418. The first-order valence-electron chi connectivity index (χ1n) is 12.4. The molecular formula is C27H32N4O5. The van der Waals surface area contributed by atoms with Gasteiger partial charge >= 0.3 is 5.76 Å². The molecule has 1 aliphatic heterocycles. The number of carbonyl (C=O) groups is 1. The maximum atomic E-state index is 12.5. The monoisotopic (exact) mass is 492 g/mol. The first-order chi connectivity index (χ1) is 17.6. The number of rotatable bonds is 10. The molecule has 9 heteroatoms. The van der Waals surface area contributed by atoms with Gasteiger partial charge < -0.3 is 24.5 Å². The Morgan fingerprint density at radius 2 is 2.06 bits per heavy atom. The van der Waals surface area contributed by atoms with E-state index in [0.29, 0.717) is 44.9 Å². The second-order valence-electron chi connectivity index (χ2n) is 8.82. The molecule has 9 nitrogen and oxygen atoms in total. The summed E-state index contributed by atoms with van der Waals surface area (Å²) in [5.74, 6) is -0.667. The molecule has 0 aliphatic carbocycles. The van der Waals surface area contributed by atoms with Crippen LogP contribution >= 0.6 is 0 Å². The topological polar surface area (TPSA) is 119 Å². The number of nitrogens with zero attached hydrogens (tertiary/aromatic N) is 2. The van der Waals surface area contributed by atoms with Crippen molar-refractivity contribution in [2.45, 2.75) is 44.9 Å². The largest absolute Gasteiger partial charge is 0.420 e. The Morgan fingerprint density at radius 1 is 1.25 bits per heavy atom. The minimum atomic E-state index is -0.651. The van der Waals surface area contributed by atoms with Gasteiger partial charge in [-0.2, -0.15) is 5.26 Å². The maximum Gasteiger partial charge on any atom is 0.420 e. The highest BCUT2D eigenvalue weighted by atomic mass is 16.5. The average molecular weight is 493 g/mol. The minimum Gasteiger partial charge on any atom is -0.408 e. The summed E-state index contributed by atoms with van der Waals surface area (Å²) in [6.07, 6.45) is 1.59. The van der Waals surface area contributed by atoms with Crippen molar-refractivity contribution in [3.8, 4) is 17.2 Å². The standard InChI is InChI=1S/C27H32N4O5/c1-2-12-34-14-11-31-23-16-21(8-9-24(23)36-27(31)33)20-6-4-19(5-7-20)15-22(17-28)30-26(32)25-18-29-10-3-13-35-25/h4-9,16,22,25,29H,2-3,10-15,18H2,1H3,(H,30,32)/t22-,25-/m0/s1. The van der Waals surface area contributed by atoms with Gasteiger partial charge in [0, 0.05) is 26.2 Å². The SMILES string of the molecule is CCCOCCn1c(=O)oc2ccc(-c3ccc(C[C@@H](C#N)NC(=O)[C@@H]4CNCCCO4)cc3)cc21. The van der Waals surface area contributed by atoms with Crippen LogP contribution in [0.25, 0.3) is 22.2 Å². The molecule has 2 heterocycles. The normalized spacial score (nSPS) is 16.8. The average Bonchev–Trinajstić information content (AvgIpc) is 3.05. The second-order valence-corrected chi connectivity index (χ2v) is 8.82.